The van der Waals surface area contributed by atoms with Gasteiger partial charge < -0.3 is 10.8 Å². The molecule has 3 N–H and O–H groups in total. The van der Waals surface area contributed by atoms with Crippen LogP contribution in [0, 0.1) is 0 Å². The topological polar surface area (TPSA) is 63.3 Å². The highest BCUT2D eigenvalue weighted by atomic mass is 35.5. The molecule has 0 fully saturated rings. The number of carbonyl (C=O) groups is 1. The van der Waals surface area contributed by atoms with Crippen LogP contribution in [0.15, 0.2) is 18.2 Å². The molecule has 0 aliphatic heterocycles. The Morgan fingerprint density at radius 3 is 2.81 bits per heavy atom. The number of hydrogen-bond donors (Lipinski definition) is 2. The molecule has 4 heteroatoms. The van der Waals surface area contributed by atoms with Crippen LogP contribution in [0.2, 0.25) is 5.02 Å². The molecule has 0 saturated heterocycles. The summed E-state index contributed by atoms with van der Waals surface area (Å²) in [6.07, 6.45) is 2.42. The molecule has 1 atom stereocenters. The van der Waals surface area contributed by atoms with Crippen molar-refractivity contribution in [1.29, 1.82) is 0 Å². The third-order valence-corrected chi connectivity index (χ3v) is 2.94. The van der Waals surface area contributed by atoms with Crippen LogP contribution in [-0.2, 0) is 4.79 Å². The molecule has 0 amide bonds. The van der Waals surface area contributed by atoms with Gasteiger partial charge in [0.2, 0.25) is 0 Å². The minimum Gasteiger partial charge on any atom is -0.481 e. The first-order chi connectivity index (χ1) is 7.57. The molecule has 88 valence electrons. The number of rotatable bonds is 5. The van der Waals surface area contributed by atoms with E-state index in [1.165, 1.54) is 0 Å². The number of hydrogen-bond acceptors (Lipinski definition) is 2. The van der Waals surface area contributed by atoms with Crippen molar-refractivity contribution >= 4 is 23.3 Å². The van der Waals surface area contributed by atoms with Crippen molar-refractivity contribution < 1.29 is 9.90 Å². The third-order valence-electron chi connectivity index (χ3n) is 2.61. The lowest BCUT2D eigenvalue weighted by Crippen LogP contribution is -2.13. The highest BCUT2D eigenvalue weighted by Crippen LogP contribution is 2.31. The van der Waals surface area contributed by atoms with Crippen molar-refractivity contribution in [2.45, 2.75) is 32.1 Å². The molecular formula is C12H16ClNO2. The van der Waals surface area contributed by atoms with Gasteiger partial charge in [-0.1, -0.05) is 43.5 Å². The van der Waals surface area contributed by atoms with E-state index in [1.54, 1.807) is 18.2 Å². The minimum absolute atomic E-state index is 0.382. The van der Waals surface area contributed by atoms with Crippen LogP contribution in [0.5, 0.6) is 0 Å². The molecule has 0 saturated carbocycles. The number of halogens is 1. The van der Waals surface area contributed by atoms with Crippen molar-refractivity contribution in [2.75, 3.05) is 5.73 Å². The van der Waals surface area contributed by atoms with E-state index < -0.39 is 11.9 Å². The largest absolute Gasteiger partial charge is 0.481 e. The summed E-state index contributed by atoms with van der Waals surface area (Å²) >= 11 is 5.88. The molecule has 1 aromatic carbocycles. The quantitative estimate of drug-likeness (QED) is 0.778. The maximum Gasteiger partial charge on any atom is 0.311 e. The Balaban J connectivity index is 3.01. The summed E-state index contributed by atoms with van der Waals surface area (Å²) in [6.45, 7) is 2.03. The van der Waals surface area contributed by atoms with Gasteiger partial charge in [0.1, 0.15) is 0 Å². The van der Waals surface area contributed by atoms with E-state index in [1.807, 2.05) is 6.92 Å². The smallest absolute Gasteiger partial charge is 0.311 e. The van der Waals surface area contributed by atoms with Crippen LogP contribution in [-0.4, -0.2) is 11.1 Å². The van der Waals surface area contributed by atoms with Crippen LogP contribution in [0.4, 0.5) is 5.69 Å². The van der Waals surface area contributed by atoms with Gasteiger partial charge in [-0.2, -0.15) is 0 Å². The first kappa shape index (κ1) is 12.8. The number of carboxylic acid groups (broad SMARTS) is 1. The number of benzene rings is 1. The minimum atomic E-state index is -0.845. The summed E-state index contributed by atoms with van der Waals surface area (Å²) < 4.78 is 0. The number of unbranched alkanes of at least 4 members (excludes halogenated alkanes) is 1. The standard InChI is InChI=1S/C12H16ClNO2/c1-2-3-5-9(12(15)16)8-6-4-7-10(13)11(8)14/h4,6-7,9H,2-3,5,14H2,1H3,(H,15,16). The van der Waals surface area contributed by atoms with Gasteiger partial charge in [0.25, 0.3) is 0 Å². The molecule has 1 aromatic rings. The predicted octanol–water partition coefficient (Wildman–Crippen LogP) is 3.28. The van der Waals surface area contributed by atoms with Crippen molar-refractivity contribution in [3.05, 3.63) is 28.8 Å². The van der Waals surface area contributed by atoms with E-state index in [9.17, 15) is 9.90 Å². The lowest BCUT2D eigenvalue weighted by Gasteiger charge is -2.15. The zero-order chi connectivity index (χ0) is 12.1. The molecule has 0 heterocycles. The molecule has 0 bridgehead atoms. The molecule has 1 rings (SSSR count). The van der Waals surface area contributed by atoms with Gasteiger partial charge in [-0.05, 0) is 18.1 Å². The second-order valence-corrected chi connectivity index (χ2v) is 4.18. The first-order valence-corrected chi connectivity index (χ1v) is 5.72. The van der Waals surface area contributed by atoms with E-state index in [0.717, 1.165) is 12.8 Å². The Kier molecular flexibility index (Phi) is 4.62. The fourth-order valence-electron chi connectivity index (χ4n) is 1.68. The maximum atomic E-state index is 11.2. The molecular weight excluding hydrogens is 226 g/mol. The van der Waals surface area contributed by atoms with E-state index in [0.29, 0.717) is 22.7 Å². The fourth-order valence-corrected chi connectivity index (χ4v) is 1.86. The number of aliphatic carboxylic acids is 1. The van der Waals surface area contributed by atoms with Crippen LogP contribution in [0.3, 0.4) is 0 Å². The van der Waals surface area contributed by atoms with Crippen LogP contribution in [0.1, 0.15) is 37.7 Å². The SMILES string of the molecule is CCCCC(C(=O)O)c1cccc(Cl)c1N. The summed E-state index contributed by atoms with van der Waals surface area (Å²) in [6, 6.07) is 5.13. The van der Waals surface area contributed by atoms with E-state index in [2.05, 4.69) is 0 Å². The number of para-hydroxylation sites is 1. The zero-order valence-corrected chi connectivity index (χ0v) is 10.00. The maximum absolute atomic E-state index is 11.2. The van der Waals surface area contributed by atoms with Crippen molar-refractivity contribution in [3.8, 4) is 0 Å². The average Bonchev–Trinajstić information content (AvgIpc) is 2.24. The van der Waals surface area contributed by atoms with Crippen LogP contribution in [0.25, 0.3) is 0 Å². The van der Waals surface area contributed by atoms with Gasteiger partial charge in [0.15, 0.2) is 0 Å². The second-order valence-electron chi connectivity index (χ2n) is 3.78. The molecule has 0 aromatic heterocycles. The van der Waals surface area contributed by atoms with E-state index >= 15 is 0 Å². The number of carboxylic acids is 1. The Morgan fingerprint density at radius 2 is 2.25 bits per heavy atom. The Bertz CT molecular complexity index is 379. The highest BCUT2D eigenvalue weighted by Gasteiger charge is 2.22. The average molecular weight is 242 g/mol. The lowest BCUT2D eigenvalue weighted by molar-refractivity contribution is -0.139. The summed E-state index contributed by atoms with van der Waals surface area (Å²) in [4.78, 5) is 11.2. The monoisotopic (exact) mass is 241 g/mol. The number of nitrogen functional groups attached to an aromatic ring is 1. The van der Waals surface area contributed by atoms with Gasteiger partial charge in [-0.15, -0.1) is 0 Å². The number of anilines is 1. The fraction of sp³-hybridized carbons (Fsp3) is 0.417. The summed E-state index contributed by atoms with van der Waals surface area (Å²) in [5, 5.41) is 9.59. The Labute approximate surface area is 100 Å². The van der Waals surface area contributed by atoms with Gasteiger partial charge in [-0.25, -0.2) is 0 Å². The Morgan fingerprint density at radius 1 is 1.56 bits per heavy atom. The van der Waals surface area contributed by atoms with Crippen LogP contribution >= 0.6 is 11.6 Å². The summed E-state index contributed by atoms with van der Waals surface area (Å²) in [5.74, 6) is -1.40. The third kappa shape index (κ3) is 2.89. The Hall–Kier alpha value is -1.22. The molecule has 16 heavy (non-hydrogen) atoms. The molecule has 0 radical (unpaired) electrons. The molecule has 3 nitrogen and oxygen atoms in total. The van der Waals surface area contributed by atoms with Gasteiger partial charge in [-0.3, -0.25) is 4.79 Å². The molecule has 0 spiro atoms. The van der Waals surface area contributed by atoms with Crippen molar-refractivity contribution in [3.63, 3.8) is 0 Å². The second kappa shape index (κ2) is 5.75. The van der Waals surface area contributed by atoms with Crippen LogP contribution < -0.4 is 5.73 Å². The zero-order valence-electron chi connectivity index (χ0n) is 9.24. The lowest BCUT2D eigenvalue weighted by atomic mass is 9.92. The summed E-state index contributed by atoms with van der Waals surface area (Å²) in [5.41, 5.74) is 6.80. The first-order valence-electron chi connectivity index (χ1n) is 5.34. The predicted molar refractivity (Wildman–Crippen MR) is 65.8 cm³/mol. The van der Waals surface area contributed by atoms with Gasteiger partial charge >= 0.3 is 5.97 Å². The summed E-state index contributed by atoms with van der Waals surface area (Å²) in [7, 11) is 0. The molecule has 0 aliphatic rings. The highest BCUT2D eigenvalue weighted by molar-refractivity contribution is 6.33. The van der Waals surface area contributed by atoms with Gasteiger partial charge in [0, 0.05) is 0 Å². The normalized spacial score (nSPS) is 12.4. The van der Waals surface area contributed by atoms with Crippen molar-refractivity contribution in [1.82, 2.24) is 0 Å². The number of nitrogens with two attached hydrogens (primary N) is 1. The molecule has 0 aliphatic carbocycles. The van der Waals surface area contributed by atoms with Crippen molar-refractivity contribution in [2.24, 2.45) is 0 Å². The van der Waals surface area contributed by atoms with E-state index in [4.69, 9.17) is 17.3 Å². The molecule has 1 unspecified atom stereocenters. The van der Waals surface area contributed by atoms with Gasteiger partial charge in [0.05, 0.1) is 16.6 Å². The van der Waals surface area contributed by atoms with E-state index in [-0.39, 0.29) is 0 Å².